The van der Waals surface area contributed by atoms with Gasteiger partial charge in [0.2, 0.25) is 10.0 Å². The maximum absolute atomic E-state index is 13.2. The lowest BCUT2D eigenvalue weighted by atomic mass is 9.96. The Morgan fingerprint density at radius 3 is 2.37 bits per heavy atom. The zero-order valence-electron chi connectivity index (χ0n) is 19.3. The molecule has 7 nitrogen and oxygen atoms in total. The third-order valence-corrected chi connectivity index (χ3v) is 7.58. The molecule has 2 N–H and O–H groups in total. The summed E-state index contributed by atoms with van der Waals surface area (Å²) in [5, 5.41) is 3.19. The first kappa shape index (κ1) is 25.0. The second-order valence-corrected chi connectivity index (χ2v) is 10.5. The van der Waals surface area contributed by atoms with Gasteiger partial charge in [-0.2, -0.15) is 0 Å². The molecule has 0 aliphatic heterocycles. The second kappa shape index (κ2) is 11.1. The topological polar surface area (TPSA) is 93.7 Å². The fraction of sp³-hybridized carbons (Fsp3) is 0.269. The molecule has 3 aromatic rings. The van der Waals surface area contributed by atoms with Gasteiger partial charge in [0.1, 0.15) is 16.4 Å². The highest BCUT2D eigenvalue weighted by Gasteiger charge is 2.26. The second-order valence-electron chi connectivity index (χ2n) is 8.33. The SMILES string of the molecule is COc1ccc(C(=O)Nc2cc(Cl)ccc2Oc2ccccc2)cc1S(=O)(=O)NC1CCCCC1. The lowest BCUT2D eigenvalue weighted by Crippen LogP contribution is -2.36. The van der Waals surface area contributed by atoms with Gasteiger partial charge in [0.25, 0.3) is 5.91 Å². The molecule has 0 radical (unpaired) electrons. The first-order valence-corrected chi connectivity index (χ1v) is 13.3. The van der Waals surface area contributed by atoms with Crippen LogP contribution in [0.15, 0.2) is 71.6 Å². The molecule has 0 aromatic heterocycles. The number of anilines is 1. The van der Waals surface area contributed by atoms with Crippen LogP contribution in [0.4, 0.5) is 5.69 Å². The van der Waals surface area contributed by atoms with Gasteiger partial charge in [-0.05, 0) is 61.4 Å². The summed E-state index contributed by atoms with van der Waals surface area (Å²) in [6.45, 7) is 0. The van der Waals surface area contributed by atoms with Crippen molar-refractivity contribution in [2.45, 2.75) is 43.0 Å². The lowest BCUT2D eigenvalue weighted by molar-refractivity contribution is 0.102. The molecule has 1 aliphatic rings. The number of halogens is 1. The third kappa shape index (κ3) is 6.33. The van der Waals surface area contributed by atoms with Gasteiger partial charge in [0.05, 0.1) is 12.8 Å². The third-order valence-electron chi connectivity index (χ3n) is 5.80. The molecular formula is C26H27ClN2O5S. The maximum atomic E-state index is 13.2. The van der Waals surface area contributed by atoms with Gasteiger partial charge in [0, 0.05) is 16.6 Å². The van der Waals surface area contributed by atoms with E-state index in [1.807, 2.05) is 18.2 Å². The van der Waals surface area contributed by atoms with Crippen molar-refractivity contribution in [2.75, 3.05) is 12.4 Å². The van der Waals surface area contributed by atoms with E-state index in [4.69, 9.17) is 21.1 Å². The van der Waals surface area contributed by atoms with E-state index in [9.17, 15) is 13.2 Å². The predicted octanol–water partition coefficient (Wildman–Crippen LogP) is 6.00. The first-order chi connectivity index (χ1) is 16.9. The van der Waals surface area contributed by atoms with Crippen LogP contribution >= 0.6 is 11.6 Å². The fourth-order valence-electron chi connectivity index (χ4n) is 4.03. The number of para-hydroxylation sites is 1. The average Bonchev–Trinajstić information content (AvgIpc) is 2.86. The summed E-state index contributed by atoms with van der Waals surface area (Å²) in [4.78, 5) is 13.1. The number of nitrogens with one attached hydrogen (secondary N) is 2. The number of benzene rings is 3. The van der Waals surface area contributed by atoms with E-state index < -0.39 is 15.9 Å². The molecule has 0 heterocycles. The predicted molar refractivity (Wildman–Crippen MR) is 136 cm³/mol. The molecule has 0 bridgehead atoms. The smallest absolute Gasteiger partial charge is 0.255 e. The molecule has 4 rings (SSSR count). The summed E-state index contributed by atoms with van der Waals surface area (Å²) in [5.74, 6) is 0.647. The van der Waals surface area contributed by atoms with Gasteiger partial charge in [-0.25, -0.2) is 13.1 Å². The quantitative estimate of drug-likeness (QED) is 0.384. The van der Waals surface area contributed by atoms with Crippen LogP contribution in [-0.2, 0) is 10.0 Å². The van der Waals surface area contributed by atoms with Crippen LogP contribution < -0.4 is 19.5 Å². The summed E-state index contributed by atoms with van der Waals surface area (Å²) in [7, 11) is -2.49. The average molecular weight is 515 g/mol. The minimum atomic E-state index is -3.89. The molecule has 1 aliphatic carbocycles. The largest absolute Gasteiger partial charge is 0.495 e. The van der Waals surface area contributed by atoms with Crippen molar-refractivity contribution in [1.29, 1.82) is 0 Å². The van der Waals surface area contributed by atoms with Crippen molar-refractivity contribution in [3.05, 3.63) is 77.3 Å². The molecule has 0 atom stereocenters. The number of hydrogen-bond donors (Lipinski definition) is 2. The van der Waals surface area contributed by atoms with Crippen molar-refractivity contribution in [3.8, 4) is 17.2 Å². The maximum Gasteiger partial charge on any atom is 0.255 e. The van der Waals surface area contributed by atoms with Crippen molar-refractivity contribution in [2.24, 2.45) is 0 Å². The van der Waals surface area contributed by atoms with E-state index in [0.29, 0.717) is 22.2 Å². The summed E-state index contributed by atoms with van der Waals surface area (Å²) >= 11 is 6.16. The molecule has 0 spiro atoms. The molecule has 1 saturated carbocycles. The Balaban J connectivity index is 1.59. The normalized spacial score (nSPS) is 14.3. The Morgan fingerprint density at radius 2 is 1.66 bits per heavy atom. The van der Waals surface area contributed by atoms with Crippen LogP contribution in [0, 0.1) is 0 Å². The van der Waals surface area contributed by atoms with Crippen molar-refractivity contribution >= 4 is 33.2 Å². The van der Waals surface area contributed by atoms with Crippen molar-refractivity contribution < 1.29 is 22.7 Å². The van der Waals surface area contributed by atoms with Crippen LogP contribution in [0.2, 0.25) is 5.02 Å². The summed E-state index contributed by atoms with van der Waals surface area (Å²) in [6, 6.07) is 18.2. The number of methoxy groups -OCH3 is 1. The number of ether oxygens (including phenoxy) is 2. The summed E-state index contributed by atoms with van der Waals surface area (Å²) in [6.07, 6.45) is 4.66. The van der Waals surface area contributed by atoms with Crippen LogP contribution in [-0.4, -0.2) is 27.5 Å². The van der Waals surface area contributed by atoms with Gasteiger partial charge < -0.3 is 14.8 Å². The van der Waals surface area contributed by atoms with Crippen LogP contribution in [0.1, 0.15) is 42.5 Å². The van der Waals surface area contributed by atoms with Gasteiger partial charge in [0.15, 0.2) is 5.75 Å². The number of carbonyl (C=O) groups is 1. The Morgan fingerprint density at radius 1 is 0.943 bits per heavy atom. The standard InChI is InChI=1S/C26H27ClN2O5S/c1-33-24-14-12-18(16-25(24)35(31,32)29-20-8-4-2-5-9-20)26(30)28-22-17-19(27)13-15-23(22)34-21-10-6-3-7-11-21/h3,6-7,10-17,20,29H,2,4-5,8-9H2,1H3,(H,28,30). The van der Waals surface area contributed by atoms with Crippen molar-refractivity contribution in [1.82, 2.24) is 4.72 Å². The highest BCUT2D eigenvalue weighted by molar-refractivity contribution is 7.89. The highest BCUT2D eigenvalue weighted by atomic mass is 35.5. The Kier molecular flexibility index (Phi) is 7.95. The fourth-order valence-corrected chi connectivity index (χ4v) is 5.70. The molecule has 1 fully saturated rings. The zero-order valence-corrected chi connectivity index (χ0v) is 20.9. The minimum absolute atomic E-state index is 0.0786. The molecule has 35 heavy (non-hydrogen) atoms. The highest BCUT2D eigenvalue weighted by Crippen LogP contribution is 2.33. The lowest BCUT2D eigenvalue weighted by Gasteiger charge is -2.23. The zero-order chi connectivity index (χ0) is 24.8. The number of hydrogen-bond acceptors (Lipinski definition) is 5. The molecule has 0 saturated heterocycles. The monoisotopic (exact) mass is 514 g/mol. The van der Waals surface area contributed by atoms with Gasteiger partial charge in [-0.1, -0.05) is 49.1 Å². The number of rotatable bonds is 8. The van der Waals surface area contributed by atoms with Gasteiger partial charge in [-0.3, -0.25) is 4.79 Å². The number of sulfonamides is 1. The minimum Gasteiger partial charge on any atom is -0.495 e. The number of carbonyl (C=O) groups excluding carboxylic acids is 1. The van der Waals surface area contributed by atoms with Gasteiger partial charge >= 0.3 is 0 Å². The molecule has 1 amide bonds. The summed E-state index contributed by atoms with van der Waals surface area (Å²) in [5.41, 5.74) is 0.507. The van der Waals surface area contributed by atoms with Crippen LogP contribution in [0.25, 0.3) is 0 Å². The summed E-state index contributed by atoms with van der Waals surface area (Å²) < 4.78 is 40.3. The molecule has 184 valence electrons. The Hall–Kier alpha value is -3.07. The Bertz CT molecular complexity index is 1290. The van der Waals surface area contributed by atoms with E-state index in [2.05, 4.69) is 10.0 Å². The van der Waals surface area contributed by atoms with E-state index >= 15 is 0 Å². The Labute approximate surface area is 210 Å². The van der Waals surface area contributed by atoms with E-state index in [1.54, 1.807) is 30.3 Å². The first-order valence-electron chi connectivity index (χ1n) is 11.4. The van der Waals surface area contributed by atoms with E-state index in [0.717, 1.165) is 32.1 Å². The molecule has 3 aromatic carbocycles. The van der Waals surface area contributed by atoms with Gasteiger partial charge in [-0.15, -0.1) is 0 Å². The van der Waals surface area contributed by atoms with Crippen molar-refractivity contribution in [3.63, 3.8) is 0 Å². The molecule has 9 heteroatoms. The van der Waals surface area contributed by atoms with E-state index in [1.165, 1.54) is 25.3 Å². The molecule has 0 unspecified atom stereocenters. The van der Waals surface area contributed by atoms with E-state index in [-0.39, 0.29) is 22.3 Å². The molecular weight excluding hydrogens is 488 g/mol. The van der Waals surface area contributed by atoms with Crippen LogP contribution in [0.3, 0.4) is 0 Å². The number of amides is 1. The van der Waals surface area contributed by atoms with Crippen LogP contribution in [0.5, 0.6) is 17.2 Å².